The zero-order valence-electron chi connectivity index (χ0n) is 16.2. The summed E-state index contributed by atoms with van der Waals surface area (Å²) in [5, 5.41) is 6.44. The maximum absolute atomic E-state index is 13.5. The second kappa shape index (κ2) is 7.22. The fraction of sp³-hybridized carbons (Fsp3) is 0.125. The lowest BCUT2D eigenvalue weighted by atomic mass is 9.93. The lowest BCUT2D eigenvalue weighted by Crippen LogP contribution is -2.39. The van der Waals surface area contributed by atoms with Crippen LogP contribution in [0, 0.1) is 12.8 Å². The Morgan fingerprint density at radius 2 is 1.47 bits per heavy atom. The number of hydrazone groups is 1. The van der Waals surface area contributed by atoms with Gasteiger partial charge in [0.05, 0.1) is 17.1 Å². The highest BCUT2D eigenvalue weighted by atomic mass is 79.9. The normalized spacial score (nSPS) is 20.5. The highest BCUT2D eigenvalue weighted by molar-refractivity contribution is 9.10. The lowest BCUT2D eigenvalue weighted by molar-refractivity contribution is -0.121. The van der Waals surface area contributed by atoms with E-state index in [9.17, 15) is 9.59 Å². The number of benzene rings is 3. The summed E-state index contributed by atoms with van der Waals surface area (Å²) in [7, 11) is 0. The molecule has 0 spiro atoms. The van der Waals surface area contributed by atoms with Crippen LogP contribution in [-0.2, 0) is 9.59 Å². The van der Waals surface area contributed by atoms with Crippen LogP contribution in [0.2, 0.25) is 0 Å². The lowest BCUT2D eigenvalue weighted by Gasteiger charge is -2.22. The quantitative estimate of drug-likeness (QED) is 0.540. The fourth-order valence-corrected chi connectivity index (χ4v) is 4.28. The van der Waals surface area contributed by atoms with E-state index in [0.29, 0.717) is 11.4 Å². The van der Waals surface area contributed by atoms with Gasteiger partial charge in [-0.25, -0.2) is 4.90 Å². The van der Waals surface area contributed by atoms with Gasteiger partial charge in [-0.05, 0) is 48.9 Å². The van der Waals surface area contributed by atoms with Crippen LogP contribution in [0.1, 0.15) is 11.1 Å². The van der Waals surface area contributed by atoms with Crippen LogP contribution < -0.4 is 9.91 Å². The van der Waals surface area contributed by atoms with Crippen molar-refractivity contribution in [2.45, 2.75) is 13.0 Å². The molecule has 2 aliphatic heterocycles. The number of amides is 2. The number of carbonyl (C=O) groups excluding carboxylic acids is 2. The average Bonchev–Trinajstić information content (AvgIpc) is 3.27. The zero-order chi connectivity index (χ0) is 20.8. The van der Waals surface area contributed by atoms with Crippen molar-refractivity contribution in [3.63, 3.8) is 0 Å². The van der Waals surface area contributed by atoms with E-state index in [2.05, 4.69) is 15.9 Å². The van der Waals surface area contributed by atoms with Gasteiger partial charge in [-0.15, -0.1) is 0 Å². The highest BCUT2D eigenvalue weighted by Gasteiger charge is 2.57. The Balaban J connectivity index is 1.63. The SMILES string of the molecule is Cc1ccc(N2C(=O)[C@@H]3C(c4ccc(Br)cc4)=NN(c4ccccc4)[C@H]3C2=O)cc1. The summed E-state index contributed by atoms with van der Waals surface area (Å²) in [5.41, 5.74) is 3.89. The number of carbonyl (C=O) groups is 2. The summed E-state index contributed by atoms with van der Waals surface area (Å²) in [6.45, 7) is 1.97. The minimum absolute atomic E-state index is 0.242. The molecule has 0 N–H and O–H groups in total. The molecule has 2 aliphatic rings. The number of aryl methyl sites for hydroxylation is 1. The first-order valence-corrected chi connectivity index (χ1v) is 10.5. The molecule has 0 aliphatic carbocycles. The summed E-state index contributed by atoms with van der Waals surface area (Å²) in [6, 6.07) is 23.9. The van der Waals surface area contributed by atoms with Gasteiger partial charge in [-0.3, -0.25) is 14.6 Å². The molecule has 5 rings (SSSR count). The first-order valence-electron chi connectivity index (χ1n) is 9.68. The molecule has 0 unspecified atom stereocenters. The first kappa shape index (κ1) is 18.8. The van der Waals surface area contributed by atoms with Gasteiger partial charge in [0.25, 0.3) is 5.91 Å². The third-order valence-corrected chi connectivity index (χ3v) is 6.03. The van der Waals surface area contributed by atoms with Crippen molar-refractivity contribution in [3.05, 3.63) is 94.5 Å². The number of fused-ring (bicyclic) bond motifs is 1. The standard InChI is InChI=1S/C24H18BrN3O2/c1-15-7-13-18(14-8-15)27-23(29)20-21(16-9-11-17(25)12-10-16)26-28(22(20)24(27)30)19-5-3-2-4-6-19/h2-14,20,22H,1H3/t20-,22-/m1/s1. The molecular weight excluding hydrogens is 442 g/mol. The van der Waals surface area contributed by atoms with Crippen molar-refractivity contribution in [1.29, 1.82) is 0 Å². The summed E-state index contributed by atoms with van der Waals surface area (Å²) < 4.78 is 0.941. The summed E-state index contributed by atoms with van der Waals surface area (Å²) in [4.78, 5) is 28.3. The number of hydrogen-bond acceptors (Lipinski definition) is 4. The van der Waals surface area contributed by atoms with Crippen LogP contribution in [0.4, 0.5) is 11.4 Å². The topological polar surface area (TPSA) is 53.0 Å². The van der Waals surface area contributed by atoms with Crippen LogP contribution in [0.15, 0.2) is 88.4 Å². The first-order chi connectivity index (χ1) is 14.5. The molecule has 1 fully saturated rings. The second-order valence-corrected chi connectivity index (χ2v) is 8.36. The van der Waals surface area contributed by atoms with E-state index >= 15 is 0 Å². The Bertz CT molecular complexity index is 1160. The molecule has 1 saturated heterocycles. The van der Waals surface area contributed by atoms with E-state index in [1.54, 1.807) is 5.01 Å². The van der Waals surface area contributed by atoms with Crippen molar-refractivity contribution in [2.75, 3.05) is 9.91 Å². The summed E-state index contributed by atoms with van der Waals surface area (Å²) in [6.07, 6.45) is 0. The maximum Gasteiger partial charge on any atom is 0.259 e. The molecule has 0 bridgehead atoms. The number of anilines is 2. The average molecular weight is 460 g/mol. The predicted molar refractivity (Wildman–Crippen MR) is 121 cm³/mol. The van der Waals surface area contributed by atoms with Crippen LogP contribution in [-0.4, -0.2) is 23.6 Å². The molecule has 2 heterocycles. The van der Waals surface area contributed by atoms with E-state index in [1.165, 1.54) is 4.90 Å². The Labute approximate surface area is 182 Å². The molecule has 0 radical (unpaired) electrons. The van der Waals surface area contributed by atoms with Gasteiger partial charge in [0.1, 0.15) is 12.0 Å². The Morgan fingerprint density at radius 1 is 0.800 bits per heavy atom. The minimum atomic E-state index is -0.695. The van der Waals surface area contributed by atoms with Crippen LogP contribution >= 0.6 is 15.9 Å². The Kier molecular flexibility index (Phi) is 4.51. The predicted octanol–water partition coefficient (Wildman–Crippen LogP) is 4.54. The van der Waals surface area contributed by atoms with Gasteiger partial charge in [0, 0.05) is 4.47 Å². The molecule has 2 amide bonds. The van der Waals surface area contributed by atoms with E-state index in [1.807, 2.05) is 85.8 Å². The molecule has 2 atom stereocenters. The van der Waals surface area contributed by atoms with Gasteiger partial charge in [0.2, 0.25) is 5.91 Å². The van der Waals surface area contributed by atoms with Gasteiger partial charge in [-0.2, -0.15) is 5.10 Å². The molecular formula is C24H18BrN3O2. The zero-order valence-corrected chi connectivity index (χ0v) is 17.8. The number of nitrogens with zero attached hydrogens (tertiary/aromatic N) is 3. The van der Waals surface area contributed by atoms with Crippen LogP contribution in [0.5, 0.6) is 0 Å². The van der Waals surface area contributed by atoms with Crippen LogP contribution in [0.3, 0.4) is 0 Å². The Hall–Kier alpha value is -3.25. The van der Waals surface area contributed by atoms with Gasteiger partial charge in [-0.1, -0.05) is 64.0 Å². The molecule has 0 saturated carbocycles. The van der Waals surface area contributed by atoms with Crippen molar-refractivity contribution in [3.8, 4) is 0 Å². The fourth-order valence-electron chi connectivity index (χ4n) is 4.02. The van der Waals surface area contributed by atoms with Crippen molar-refractivity contribution < 1.29 is 9.59 Å². The van der Waals surface area contributed by atoms with E-state index in [4.69, 9.17) is 5.10 Å². The monoisotopic (exact) mass is 459 g/mol. The van der Waals surface area contributed by atoms with Crippen molar-refractivity contribution >= 4 is 44.8 Å². The smallest absolute Gasteiger partial charge is 0.259 e. The van der Waals surface area contributed by atoms with Crippen LogP contribution in [0.25, 0.3) is 0 Å². The summed E-state index contributed by atoms with van der Waals surface area (Å²) >= 11 is 3.45. The van der Waals surface area contributed by atoms with Gasteiger partial charge >= 0.3 is 0 Å². The number of para-hydroxylation sites is 1. The van der Waals surface area contributed by atoms with Crippen molar-refractivity contribution in [1.82, 2.24) is 0 Å². The van der Waals surface area contributed by atoms with Gasteiger partial charge in [0.15, 0.2) is 0 Å². The number of rotatable bonds is 3. The Morgan fingerprint density at radius 3 is 2.13 bits per heavy atom. The van der Waals surface area contributed by atoms with E-state index < -0.39 is 12.0 Å². The summed E-state index contributed by atoms with van der Waals surface area (Å²) in [5.74, 6) is -1.15. The van der Waals surface area contributed by atoms with E-state index in [-0.39, 0.29) is 11.8 Å². The third-order valence-electron chi connectivity index (χ3n) is 5.50. The molecule has 0 aromatic heterocycles. The van der Waals surface area contributed by atoms with E-state index in [0.717, 1.165) is 21.3 Å². The largest absolute Gasteiger partial charge is 0.273 e. The van der Waals surface area contributed by atoms with Gasteiger partial charge < -0.3 is 0 Å². The molecule has 30 heavy (non-hydrogen) atoms. The molecule has 148 valence electrons. The second-order valence-electron chi connectivity index (χ2n) is 7.44. The third kappa shape index (κ3) is 2.95. The molecule has 5 nitrogen and oxygen atoms in total. The van der Waals surface area contributed by atoms with Crippen molar-refractivity contribution in [2.24, 2.45) is 11.0 Å². The molecule has 6 heteroatoms. The molecule has 3 aromatic rings. The number of halogens is 1. The number of hydrogen-bond donors (Lipinski definition) is 0. The highest BCUT2D eigenvalue weighted by Crippen LogP contribution is 2.39. The molecule has 3 aromatic carbocycles. The maximum atomic E-state index is 13.5. The number of imide groups is 1. The minimum Gasteiger partial charge on any atom is -0.273 e.